The third-order valence-electron chi connectivity index (χ3n) is 3.98. The zero-order chi connectivity index (χ0) is 16.9. The zero-order valence-corrected chi connectivity index (χ0v) is 13.1. The monoisotopic (exact) mass is 329 g/mol. The first-order valence-electron chi connectivity index (χ1n) is 7.83. The van der Waals surface area contributed by atoms with E-state index in [0.717, 1.165) is 11.1 Å². The van der Waals surface area contributed by atoms with E-state index in [1.807, 2.05) is 41.2 Å². The van der Waals surface area contributed by atoms with E-state index < -0.39 is 18.2 Å². The summed E-state index contributed by atoms with van der Waals surface area (Å²) in [6, 6.07) is 9.78. The first-order valence-corrected chi connectivity index (χ1v) is 7.83. The van der Waals surface area contributed by atoms with Crippen molar-refractivity contribution in [1.82, 2.24) is 15.1 Å². The molecule has 1 aliphatic rings. The van der Waals surface area contributed by atoms with E-state index in [-0.39, 0.29) is 5.91 Å². The van der Waals surface area contributed by atoms with E-state index in [1.165, 1.54) is 0 Å². The summed E-state index contributed by atoms with van der Waals surface area (Å²) in [5, 5.41) is 15.8. The quantitative estimate of drug-likeness (QED) is 0.830. The van der Waals surface area contributed by atoms with E-state index >= 15 is 0 Å². The maximum atomic E-state index is 12.0. The maximum absolute atomic E-state index is 12.0. The minimum atomic E-state index is -1.02. The second-order valence-electron chi connectivity index (χ2n) is 5.77. The van der Waals surface area contributed by atoms with Crippen molar-refractivity contribution in [2.24, 2.45) is 0 Å². The van der Waals surface area contributed by atoms with Gasteiger partial charge >= 0.3 is 5.97 Å². The number of aliphatic carboxylic acids is 1. The number of hydrogen-bond donors (Lipinski definition) is 2. The van der Waals surface area contributed by atoms with Crippen LogP contribution in [-0.4, -0.2) is 39.0 Å². The van der Waals surface area contributed by atoms with Gasteiger partial charge in [-0.3, -0.25) is 9.48 Å². The fourth-order valence-corrected chi connectivity index (χ4v) is 2.66. The zero-order valence-electron chi connectivity index (χ0n) is 13.1. The minimum absolute atomic E-state index is 0.264. The molecule has 2 heterocycles. The number of nitrogens with one attached hydrogen (secondary N) is 1. The molecule has 0 aliphatic carbocycles. The Labute approximate surface area is 139 Å². The standard InChI is InChI=1S/C17H19N3O4/c21-16(14-6-7-15(24-14)17(22)23)18-10-12-2-4-13(5-3-12)11-20-9-1-8-19-20/h1-5,8-9,14-15H,6-7,10-11H2,(H,18,21)(H,22,23)/t14-,15+/m0/s1. The minimum Gasteiger partial charge on any atom is -0.479 e. The molecule has 1 aromatic carbocycles. The van der Waals surface area contributed by atoms with Gasteiger partial charge in [-0.2, -0.15) is 5.10 Å². The predicted octanol–water partition coefficient (Wildman–Crippen LogP) is 1.18. The van der Waals surface area contributed by atoms with Crippen LogP contribution in [0.3, 0.4) is 0 Å². The molecule has 1 saturated heterocycles. The third-order valence-corrected chi connectivity index (χ3v) is 3.98. The number of nitrogens with zero attached hydrogens (tertiary/aromatic N) is 2. The first-order chi connectivity index (χ1) is 11.6. The Balaban J connectivity index is 1.48. The summed E-state index contributed by atoms with van der Waals surface area (Å²) in [6.07, 6.45) is 2.90. The van der Waals surface area contributed by atoms with Gasteiger partial charge in [-0.05, 0) is 30.0 Å². The molecule has 0 saturated carbocycles. The second kappa shape index (κ2) is 7.27. The maximum Gasteiger partial charge on any atom is 0.332 e. The van der Waals surface area contributed by atoms with Crippen LogP contribution in [0.5, 0.6) is 0 Å². The average molecular weight is 329 g/mol. The van der Waals surface area contributed by atoms with Crippen LogP contribution in [0.4, 0.5) is 0 Å². The number of carboxylic acids is 1. The van der Waals surface area contributed by atoms with Gasteiger partial charge in [0.15, 0.2) is 6.10 Å². The molecule has 1 aromatic heterocycles. The van der Waals surface area contributed by atoms with Crippen molar-refractivity contribution < 1.29 is 19.4 Å². The van der Waals surface area contributed by atoms with Gasteiger partial charge in [0.1, 0.15) is 6.10 Å². The normalized spacial score (nSPS) is 20.0. The van der Waals surface area contributed by atoms with Gasteiger partial charge in [0.25, 0.3) is 0 Å². The number of amides is 1. The molecule has 1 fully saturated rings. The highest BCUT2D eigenvalue weighted by Gasteiger charge is 2.34. The van der Waals surface area contributed by atoms with Crippen molar-refractivity contribution in [3.05, 3.63) is 53.9 Å². The first kappa shape index (κ1) is 16.2. The van der Waals surface area contributed by atoms with Crippen LogP contribution < -0.4 is 5.32 Å². The molecule has 1 amide bonds. The Kier molecular flexibility index (Phi) is 4.90. The molecular formula is C17H19N3O4. The lowest BCUT2D eigenvalue weighted by molar-refractivity contribution is -0.151. The van der Waals surface area contributed by atoms with Crippen molar-refractivity contribution in [2.75, 3.05) is 0 Å². The Morgan fingerprint density at radius 1 is 1.21 bits per heavy atom. The molecular weight excluding hydrogens is 310 g/mol. The van der Waals surface area contributed by atoms with Crippen LogP contribution in [-0.2, 0) is 27.4 Å². The fourth-order valence-electron chi connectivity index (χ4n) is 2.66. The molecule has 2 N–H and O–H groups in total. The highest BCUT2D eigenvalue weighted by Crippen LogP contribution is 2.20. The number of carbonyl (C=O) groups is 2. The molecule has 2 aromatic rings. The lowest BCUT2D eigenvalue weighted by atomic mass is 10.1. The molecule has 2 atom stereocenters. The fraction of sp³-hybridized carbons (Fsp3) is 0.353. The van der Waals surface area contributed by atoms with Crippen molar-refractivity contribution in [2.45, 2.75) is 38.1 Å². The lowest BCUT2D eigenvalue weighted by Gasteiger charge is -2.12. The van der Waals surface area contributed by atoms with Crippen LogP contribution in [0.1, 0.15) is 24.0 Å². The summed E-state index contributed by atoms with van der Waals surface area (Å²) in [4.78, 5) is 22.9. The van der Waals surface area contributed by atoms with Crippen LogP contribution in [0.15, 0.2) is 42.7 Å². The number of ether oxygens (including phenoxy) is 1. The van der Waals surface area contributed by atoms with Crippen LogP contribution in [0.25, 0.3) is 0 Å². The Bertz CT molecular complexity index is 697. The topological polar surface area (TPSA) is 93.5 Å². The summed E-state index contributed by atoms with van der Waals surface area (Å²) in [6.45, 7) is 1.09. The molecule has 0 bridgehead atoms. The number of carboxylic acid groups (broad SMARTS) is 1. The van der Waals surface area contributed by atoms with Crippen molar-refractivity contribution in [1.29, 1.82) is 0 Å². The highest BCUT2D eigenvalue weighted by atomic mass is 16.5. The highest BCUT2D eigenvalue weighted by molar-refractivity contribution is 5.82. The summed E-state index contributed by atoms with van der Waals surface area (Å²) >= 11 is 0. The smallest absolute Gasteiger partial charge is 0.332 e. The van der Waals surface area contributed by atoms with E-state index in [4.69, 9.17) is 9.84 Å². The van der Waals surface area contributed by atoms with E-state index in [9.17, 15) is 9.59 Å². The molecule has 7 heteroatoms. The summed E-state index contributed by atoms with van der Waals surface area (Å²) in [5.74, 6) is -1.28. The van der Waals surface area contributed by atoms with Crippen LogP contribution >= 0.6 is 0 Å². The van der Waals surface area contributed by atoms with Crippen LogP contribution in [0, 0.1) is 0 Å². The van der Waals surface area contributed by atoms with Crippen molar-refractivity contribution in [3.8, 4) is 0 Å². The predicted molar refractivity (Wildman–Crippen MR) is 85.1 cm³/mol. The van der Waals surface area contributed by atoms with Gasteiger partial charge in [-0.1, -0.05) is 24.3 Å². The largest absolute Gasteiger partial charge is 0.479 e. The third kappa shape index (κ3) is 3.99. The number of benzene rings is 1. The molecule has 126 valence electrons. The van der Waals surface area contributed by atoms with Gasteiger partial charge in [0.2, 0.25) is 5.91 Å². The summed E-state index contributed by atoms with van der Waals surface area (Å²) in [5.41, 5.74) is 2.09. The number of carbonyl (C=O) groups excluding carboxylic acids is 1. The molecule has 24 heavy (non-hydrogen) atoms. The SMILES string of the molecule is O=C(NCc1ccc(Cn2cccn2)cc1)[C@@H]1CC[C@H](C(=O)O)O1. The van der Waals surface area contributed by atoms with Gasteiger partial charge in [0, 0.05) is 18.9 Å². The van der Waals surface area contributed by atoms with Crippen molar-refractivity contribution in [3.63, 3.8) is 0 Å². The Morgan fingerprint density at radius 3 is 2.54 bits per heavy atom. The molecule has 0 radical (unpaired) electrons. The summed E-state index contributed by atoms with van der Waals surface area (Å²) < 4.78 is 7.07. The van der Waals surface area contributed by atoms with Gasteiger partial charge in [0.05, 0.1) is 6.54 Å². The molecule has 7 nitrogen and oxygen atoms in total. The average Bonchev–Trinajstić information content (AvgIpc) is 3.25. The molecule has 0 unspecified atom stereocenters. The van der Waals surface area contributed by atoms with Gasteiger partial charge in [-0.25, -0.2) is 4.79 Å². The number of rotatable bonds is 6. The number of hydrogen-bond acceptors (Lipinski definition) is 4. The van der Waals surface area contributed by atoms with Gasteiger partial charge in [-0.15, -0.1) is 0 Å². The second-order valence-corrected chi connectivity index (χ2v) is 5.77. The summed E-state index contributed by atoms with van der Waals surface area (Å²) in [7, 11) is 0. The van der Waals surface area contributed by atoms with E-state index in [2.05, 4.69) is 10.4 Å². The Hall–Kier alpha value is -2.67. The van der Waals surface area contributed by atoms with Crippen LogP contribution in [0.2, 0.25) is 0 Å². The molecule has 1 aliphatic heterocycles. The van der Waals surface area contributed by atoms with Crippen molar-refractivity contribution >= 4 is 11.9 Å². The Morgan fingerprint density at radius 2 is 1.92 bits per heavy atom. The number of aromatic nitrogens is 2. The molecule has 3 rings (SSSR count). The van der Waals surface area contributed by atoms with E-state index in [1.54, 1.807) is 6.20 Å². The lowest BCUT2D eigenvalue weighted by Crippen LogP contribution is -2.35. The van der Waals surface area contributed by atoms with E-state index in [0.29, 0.717) is 25.9 Å². The van der Waals surface area contributed by atoms with Gasteiger partial charge < -0.3 is 15.2 Å². The molecule has 0 spiro atoms.